The van der Waals surface area contributed by atoms with Crippen LogP contribution >= 0.6 is 0 Å². The molecule has 1 unspecified atom stereocenters. The second-order valence-corrected chi connectivity index (χ2v) is 5.39. The van der Waals surface area contributed by atoms with Gasteiger partial charge in [0.2, 0.25) is 0 Å². The van der Waals surface area contributed by atoms with Crippen molar-refractivity contribution in [2.75, 3.05) is 13.6 Å². The first kappa shape index (κ1) is 13.5. The fourth-order valence-corrected chi connectivity index (χ4v) is 2.80. The molecule has 2 N–H and O–H groups in total. The van der Waals surface area contributed by atoms with E-state index in [2.05, 4.69) is 11.9 Å². The molecule has 0 spiro atoms. The van der Waals surface area contributed by atoms with Crippen LogP contribution in [0.25, 0.3) is 0 Å². The normalized spacial score (nSPS) is 19.1. The van der Waals surface area contributed by atoms with E-state index in [4.69, 9.17) is 5.73 Å². The number of nitrogens with two attached hydrogens (primary N) is 1. The molecule has 0 heterocycles. The number of halogens is 1. The highest BCUT2D eigenvalue weighted by Gasteiger charge is 2.20. The van der Waals surface area contributed by atoms with Gasteiger partial charge in [0.1, 0.15) is 5.82 Å². The van der Waals surface area contributed by atoms with E-state index in [0.717, 1.165) is 12.1 Å². The van der Waals surface area contributed by atoms with Crippen LogP contribution in [-0.2, 0) is 0 Å². The highest BCUT2D eigenvalue weighted by Crippen LogP contribution is 2.23. The van der Waals surface area contributed by atoms with Crippen molar-refractivity contribution in [2.45, 2.75) is 44.2 Å². The first-order valence-corrected chi connectivity index (χ1v) is 6.88. The molecule has 0 amide bonds. The largest absolute Gasteiger partial charge is 0.323 e. The van der Waals surface area contributed by atoms with Crippen LogP contribution in [0, 0.1) is 5.82 Å². The molecule has 0 bridgehead atoms. The van der Waals surface area contributed by atoms with E-state index < -0.39 is 0 Å². The lowest BCUT2D eigenvalue weighted by atomic mass is 9.94. The van der Waals surface area contributed by atoms with Gasteiger partial charge in [0.25, 0.3) is 0 Å². The number of rotatable bonds is 4. The Morgan fingerprint density at radius 1 is 1.22 bits per heavy atom. The molecule has 2 nitrogen and oxygen atoms in total. The van der Waals surface area contributed by atoms with Gasteiger partial charge in [0, 0.05) is 18.6 Å². The van der Waals surface area contributed by atoms with Gasteiger partial charge >= 0.3 is 0 Å². The molecule has 1 aliphatic rings. The summed E-state index contributed by atoms with van der Waals surface area (Å²) in [7, 11) is 2.15. The van der Waals surface area contributed by atoms with Crippen LogP contribution in [0.5, 0.6) is 0 Å². The van der Waals surface area contributed by atoms with Gasteiger partial charge in [-0.2, -0.15) is 0 Å². The summed E-state index contributed by atoms with van der Waals surface area (Å²) in [6.45, 7) is 0.844. The summed E-state index contributed by atoms with van der Waals surface area (Å²) in [5, 5.41) is 0. The molecular weight excluding hydrogens is 227 g/mol. The number of likely N-dealkylation sites (N-methyl/N-ethyl adjacent to an activating group) is 1. The molecular formula is C15H23FN2. The van der Waals surface area contributed by atoms with E-state index in [1.165, 1.54) is 44.2 Å². The minimum absolute atomic E-state index is 0.0301. The van der Waals surface area contributed by atoms with E-state index in [9.17, 15) is 4.39 Å². The summed E-state index contributed by atoms with van der Waals surface area (Å²) >= 11 is 0. The number of benzene rings is 1. The Balaban J connectivity index is 1.89. The Hall–Kier alpha value is -0.930. The second-order valence-electron chi connectivity index (χ2n) is 5.39. The molecule has 0 aliphatic heterocycles. The van der Waals surface area contributed by atoms with E-state index in [-0.39, 0.29) is 11.9 Å². The number of nitrogens with zero attached hydrogens (tertiary/aromatic N) is 1. The summed E-state index contributed by atoms with van der Waals surface area (Å²) < 4.78 is 12.9. The maximum Gasteiger partial charge on any atom is 0.123 e. The summed E-state index contributed by atoms with van der Waals surface area (Å²) in [4.78, 5) is 2.37. The quantitative estimate of drug-likeness (QED) is 0.889. The minimum atomic E-state index is -0.202. The van der Waals surface area contributed by atoms with Crippen molar-refractivity contribution < 1.29 is 4.39 Å². The highest BCUT2D eigenvalue weighted by atomic mass is 19.1. The fourth-order valence-electron chi connectivity index (χ4n) is 2.80. The van der Waals surface area contributed by atoms with Crippen LogP contribution in [-0.4, -0.2) is 24.5 Å². The Bertz CT molecular complexity index is 357. The molecule has 18 heavy (non-hydrogen) atoms. The van der Waals surface area contributed by atoms with Gasteiger partial charge in [-0.3, -0.25) is 0 Å². The predicted molar refractivity (Wildman–Crippen MR) is 72.8 cm³/mol. The molecule has 1 aromatic carbocycles. The van der Waals surface area contributed by atoms with Crippen LogP contribution < -0.4 is 5.73 Å². The van der Waals surface area contributed by atoms with Crippen molar-refractivity contribution in [3.8, 4) is 0 Å². The molecule has 1 aromatic rings. The summed E-state index contributed by atoms with van der Waals surface area (Å²) in [6.07, 6.45) is 6.61. The van der Waals surface area contributed by atoms with E-state index >= 15 is 0 Å². The Labute approximate surface area is 109 Å². The van der Waals surface area contributed by atoms with Gasteiger partial charge in [-0.05, 0) is 37.6 Å². The maximum absolute atomic E-state index is 12.9. The van der Waals surface area contributed by atoms with Crippen molar-refractivity contribution in [3.05, 3.63) is 35.6 Å². The monoisotopic (exact) mass is 250 g/mol. The van der Waals surface area contributed by atoms with Gasteiger partial charge < -0.3 is 10.6 Å². The molecule has 0 saturated heterocycles. The maximum atomic E-state index is 12.9. The topological polar surface area (TPSA) is 29.3 Å². The zero-order valence-corrected chi connectivity index (χ0v) is 11.1. The van der Waals surface area contributed by atoms with Gasteiger partial charge in [-0.1, -0.05) is 31.4 Å². The molecule has 0 aromatic heterocycles. The molecule has 1 fully saturated rings. The van der Waals surface area contributed by atoms with Crippen molar-refractivity contribution >= 4 is 0 Å². The summed E-state index contributed by atoms with van der Waals surface area (Å²) in [6, 6.07) is 7.18. The smallest absolute Gasteiger partial charge is 0.123 e. The van der Waals surface area contributed by atoms with Crippen LogP contribution in [0.15, 0.2) is 24.3 Å². The SMILES string of the molecule is CN(CC(N)c1ccc(F)cc1)C1CCCCC1. The lowest BCUT2D eigenvalue weighted by molar-refractivity contribution is 0.182. The van der Waals surface area contributed by atoms with Crippen LogP contribution in [0.3, 0.4) is 0 Å². The van der Waals surface area contributed by atoms with Crippen molar-refractivity contribution in [1.82, 2.24) is 4.90 Å². The first-order chi connectivity index (χ1) is 8.66. The highest BCUT2D eigenvalue weighted by molar-refractivity contribution is 5.19. The second kappa shape index (κ2) is 6.30. The number of hydrogen-bond donors (Lipinski definition) is 1. The average molecular weight is 250 g/mol. The molecule has 2 rings (SSSR count). The molecule has 0 radical (unpaired) electrons. The molecule has 1 saturated carbocycles. The van der Waals surface area contributed by atoms with Crippen LogP contribution in [0.2, 0.25) is 0 Å². The van der Waals surface area contributed by atoms with E-state index in [1.54, 1.807) is 12.1 Å². The first-order valence-electron chi connectivity index (χ1n) is 6.88. The third-order valence-electron chi connectivity index (χ3n) is 3.98. The van der Waals surface area contributed by atoms with E-state index in [0.29, 0.717) is 6.04 Å². The van der Waals surface area contributed by atoms with Crippen molar-refractivity contribution in [3.63, 3.8) is 0 Å². The van der Waals surface area contributed by atoms with E-state index in [1.807, 2.05) is 0 Å². The van der Waals surface area contributed by atoms with Crippen molar-refractivity contribution in [1.29, 1.82) is 0 Å². The third-order valence-corrected chi connectivity index (χ3v) is 3.98. The Kier molecular flexibility index (Phi) is 4.72. The standard InChI is InChI=1S/C15H23FN2/c1-18(14-5-3-2-4-6-14)11-15(17)12-7-9-13(16)10-8-12/h7-10,14-15H,2-6,11,17H2,1H3. The Morgan fingerprint density at radius 2 is 1.83 bits per heavy atom. The third kappa shape index (κ3) is 3.53. The predicted octanol–water partition coefficient (Wildman–Crippen LogP) is 3.09. The number of hydrogen-bond acceptors (Lipinski definition) is 2. The molecule has 1 atom stereocenters. The zero-order chi connectivity index (χ0) is 13.0. The molecule has 100 valence electrons. The van der Waals surface area contributed by atoms with Gasteiger partial charge in [-0.25, -0.2) is 4.39 Å². The van der Waals surface area contributed by atoms with Gasteiger partial charge in [-0.15, -0.1) is 0 Å². The average Bonchev–Trinajstić information content (AvgIpc) is 2.40. The van der Waals surface area contributed by atoms with Crippen LogP contribution in [0.4, 0.5) is 4.39 Å². The van der Waals surface area contributed by atoms with Gasteiger partial charge in [0.05, 0.1) is 0 Å². The zero-order valence-electron chi connectivity index (χ0n) is 11.1. The Morgan fingerprint density at radius 3 is 2.44 bits per heavy atom. The lowest BCUT2D eigenvalue weighted by Gasteiger charge is -2.32. The van der Waals surface area contributed by atoms with Crippen molar-refractivity contribution in [2.24, 2.45) is 5.73 Å². The van der Waals surface area contributed by atoms with Crippen LogP contribution in [0.1, 0.15) is 43.7 Å². The summed E-state index contributed by atoms with van der Waals surface area (Å²) in [5.74, 6) is -0.202. The lowest BCUT2D eigenvalue weighted by Crippen LogP contribution is -2.38. The fraction of sp³-hybridized carbons (Fsp3) is 0.600. The molecule has 3 heteroatoms. The van der Waals surface area contributed by atoms with Gasteiger partial charge in [0.15, 0.2) is 0 Å². The molecule has 1 aliphatic carbocycles. The summed E-state index contributed by atoms with van der Waals surface area (Å²) in [5.41, 5.74) is 7.20. The minimum Gasteiger partial charge on any atom is -0.323 e.